The van der Waals surface area contributed by atoms with E-state index in [1.807, 2.05) is 0 Å². The van der Waals surface area contributed by atoms with E-state index >= 15 is 0 Å². The molecule has 0 aliphatic carbocycles. The van der Waals surface area contributed by atoms with E-state index < -0.39 is 24.2 Å². The van der Waals surface area contributed by atoms with E-state index in [1.165, 1.54) is 18.9 Å². The third-order valence-electron chi connectivity index (χ3n) is 2.48. The van der Waals surface area contributed by atoms with Crippen molar-refractivity contribution in [2.45, 2.75) is 44.9 Å². The zero-order valence-electron chi connectivity index (χ0n) is 9.59. The molecule has 6 heteroatoms. The zero-order valence-corrected chi connectivity index (χ0v) is 9.59. The van der Waals surface area contributed by atoms with Gasteiger partial charge in [0, 0.05) is 6.42 Å². The van der Waals surface area contributed by atoms with Gasteiger partial charge in [-0.1, -0.05) is 6.42 Å². The number of carboxylic acid groups (broad SMARTS) is 2. The predicted octanol–water partition coefficient (Wildman–Crippen LogP) is 0.355. The summed E-state index contributed by atoms with van der Waals surface area (Å²) < 4.78 is 0. The first kappa shape index (κ1) is 14.9. The highest BCUT2D eigenvalue weighted by Gasteiger charge is 2.24. The van der Waals surface area contributed by atoms with Crippen molar-refractivity contribution in [3.05, 3.63) is 0 Å². The molecule has 3 N–H and O–H groups in total. The summed E-state index contributed by atoms with van der Waals surface area (Å²) in [5, 5.41) is 26.6. The number of aliphatic hydroxyl groups excluding tert-OH is 1. The topological polar surface area (TPSA) is 98.1 Å². The van der Waals surface area contributed by atoms with Crippen LogP contribution in [-0.2, 0) is 9.59 Å². The van der Waals surface area contributed by atoms with Crippen LogP contribution in [0.5, 0.6) is 0 Å². The fourth-order valence-corrected chi connectivity index (χ4v) is 1.38. The summed E-state index contributed by atoms with van der Waals surface area (Å²) in [5.41, 5.74) is 0. The van der Waals surface area contributed by atoms with Crippen LogP contribution in [0.25, 0.3) is 0 Å². The summed E-state index contributed by atoms with van der Waals surface area (Å²) in [6.07, 6.45) is 0.516. The molecule has 0 saturated carbocycles. The van der Waals surface area contributed by atoms with Crippen molar-refractivity contribution >= 4 is 11.9 Å². The molecule has 0 heterocycles. The van der Waals surface area contributed by atoms with E-state index in [-0.39, 0.29) is 6.42 Å². The van der Waals surface area contributed by atoms with Gasteiger partial charge in [0.25, 0.3) is 0 Å². The molecule has 0 aliphatic rings. The number of unbranched alkanes of at least 4 members (excludes halogenated alkanes) is 1. The monoisotopic (exact) mass is 233 g/mol. The van der Waals surface area contributed by atoms with Crippen LogP contribution in [0.3, 0.4) is 0 Å². The summed E-state index contributed by atoms with van der Waals surface area (Å²) >= 11 is 0. The normalized spacial score (nSPS) is 14.8. The van der Waals surface area contributed by atoms with Crippen LogP contribution in [0, 0.1) is 0 Å². The van der Waals surface area contributed by atoms with Gasteiger partial charge < -0.3 is 15.3 Å². The predicted molar refractivity (Wildman–Crippen MR) is 57.0 cm³/mol. The maximum absolute atomic E-state index is 10.9. The van der Waals surface area contributed by atoms with E-state index in [0.29, 0.717) is 19.3 Å². The molecule has 0 aliphatic heterocycles. The Morgan fingerprint density at radius 1 is 1.25 bits per heavy atom. The fourth-order valence-electron chi connectivity index (χ4n) is 1.38. The molecule has 0 bridgehead atoms. The van der Waals surface area contributed by atoms with Gasteiger partial charge in [0.15, 0.2) is 0 Å². The Morgan fingerprint density at radius 2 is 1.81 bits per heavy atom. The van der Waals surface area contributed by atoms with Crippen LogP contribution >= 0.6 is 0 Å². The van der Waals surface area contributed by atoms with Gasteiger partial charge in [0.1, 0.15) is 12.3 Å². The molecule has 0 rings (SSSR count). The highest BCUT2D eigenvalue weighted by molar-refractivity contribution is 5.73. The second-order valence-electron chi connectivity index (χ2n) is 3.79. The minimum atomic E-state index is -1.00. The molecule has 94 valence electrons. The highest BCUT2D eigenvalue weighted by Crippen LogP contribution is 2.11. The number of hydrogen-bond acceptors (Lipinski definition) is 4. The van der Waals surface area contributed by atoms with Crippen molar-refractivity contribution in [2.24, 2.45) is 0 Å². The SMILES string of the molecule is CC(O)N(C)C(CCCCC(=O)O)C(=O)O. The van der Waals surface area contributed by atoms with Gasteiger partial charge in [0.05, 0.1) is 0 Å². The lowest BCUT2D eigenvalue weighted by Gasteiger charge is -2.26. The molecule has 2 unspecified atom stereocenters. The van der Waals surface area contributed by atoms with Gasteiger partial charge in [-0.3, -0.25) is 14.5 Å². The first-order valence-corrected chi connectivity index (χ1v) is 5.21. The third kappa shape index (κ3) is 5.67. The Labute approximate surface area is 94.5 Å². The molecule has 0 aromatic carbocycles. The summed E-state index contributed by atoms with van der Waals surface area (Å²) in [6.45, 7) is 1.49. The quantitative estimate of drug-likeness (QED) is 0.413. The van der Waals surface area contributed by atoms with Gasteiger partial charge in [-0.2, -0.15) is 0 Å². The van der Waals surface area contributed by atoms with Gasteiger partial charge in [-0.15, -0.1) is 0 Å². The number of likely N-dealkylation sites (N-methyl/N-ethyl adjacent to an activating group) is 1. The van der Waals surface area contributed by atoms with Crippen molar-refractivity contribution < 1.29 is 24.9 Å². The van der Waals surface area contributed by atoms with Crippen LogP contribution in [0.1, 0.15) is 32.6 Å². The van der Waals surface area contributed by atoms with Gasteiger partial charge in [-0.05, 0) is 26.8 Å². The second-order valence-corrected chi connectivity index (χ2v) is 3.79. The average molecular weight is 233 g/mol. The van der Waals surface area contributed by atoms with E-state index in [2.05, 4.69) is 0 Å². The Morgan fingerprint density at radius 3 is 2.19 bits per heavy atom. The van der Waals surface area contributed by atoms with Gasteiger partial charge >= 0.3 is 11.9 Å². The summed E-state index contributed by atoms with van der Waals surface area (Å²) in [6, 6.07) is -0.770. The maximum Gasteiger partial charge on any atom is 0.320 e. The summed E-state index contributed by atoms with van der Waals surface area (Å²) in [5.74, 6) is -1.88. The number of rotatable bonds is 8. The molecule has 0 spiro atoms. The number of carbonyl (C=O) groups is 2. The Bertz CT molecular complexity index is 241. The minimum absolute atomic E-state index is 0.0464. The lowest BCUT2D eigenvalue weighted by atomic mass is 10.1. The molecule has 0 saturated heterocycles. The Balaban J connectivity index is 4.05. The molecule has 6 nitrogen and oxygen atoms in total. The van der Waals surface area contributed by atoms with Crippen molar-refractivity contribution in [3.63, 3.8) is 0 Å². The molecular weight excluding hydrogens is 214 g/mol. The number of aliphatic carboxylic acids is 2. The lowest BCUT2D eigenvalue weighted by molar-refractivity contribution is -0.147. The number of hydrogen-bond donors (Lipinski definition) is 3. The van der Waals surface area contributed by atoms with Gasteiger partial charge in [-0.25, -0.2) is 0 Å². The summed E-state index contributed by atoms with van der Waals surface area (Å²) in [7, 11) is 1.53. The molecule has 0 aromatic heterocycles. The summed E-state index contributed by atoms with van der Waals surface area (Å²) in [4.78, 5) is 22.5. The Kier molecular flexibility index (Phi) is 6.67. The van der Waals surface area contributed by atoms with Crippen LogP contribution in [0.4, 0.5) is 0 Å². The zero-order chi connectivity index (χ0) is 12.7. The van der Waals surface area contributed by atoms with Crippen LogP contribution in [0.2, 0.25) is 0 Å². The maximum atomic E-state index is 10.9. The molecule has 0 fully saturated rings. The number of nitrogens with zero attached hydrogens (tertiary/aromatic N) is 1. The van der Waals surface area contributed by atoms with E-state index in [9.17, 15) is 14.7 Å². The van der Waals surface area contributed by atoms with E-state index in [1.54, 1.807) is 0 Å². The van der Waals surface area contributed by atoms with Crippen molar-refractivity contribution in [3.8, 4) is 0 Å². The molecule has 0 aromatic rings. The third-order valence-corrected chi connectivity index (χ3v) is 2.48. The van der Waals surface area contributed by atoms with Crippen molar-refractivity contribution in [1.29, 1.82) is 0 Å². The fraction of sp³-hybridized carbons (Fsp3) is 0.800. The standard InChI is InChI=1S/C10H19NO5/c1-7(12)11(2)8(10(15)16)5-3-4-6-9(13)14/h7-8,12H,3-6H2,1-2H3,(H,13,14)(H,15,16). The lowest BCUT2D eigenvalue weighted by Crippen LogP contribution is -2.43. The Hall–Kier alpha value is -1.14. The highest BCUT2D eigenvalue weighted by atomic mass is 16.4. The first-order valence-electron chi connectivity index (χ1n) is 5.21. The first-order chi connectivity index (χ1) is 7.36. The van der Waals surface area contributed by atoms with Crippen LogP contribution < -0.4 is 0 Å². The van der Waals surface area contributed by atoms with Gasteiger partial charge in [0.2, 0.25) is 0 Å². The number of aliphatic hydroxyl groups is 1. The van der Waals surface area contributed by atoms with Crippen LogP contribution in [0.15, 0.2) is 0 Å². The molecule has 16 heavy (non-hydrogen) atoms. The second kappa shape index (κ2) is 7.19. The van der Waals surface area contributed by atoms with Crippen molar-refractivity contribution in [1.82, 2.24) is 4.90 Å². The van der Waals surface area contributed by atoms with E-state index in [4.69, 9.17) is 10.2 Å². The molecular formula is C10H19NO5. The average Bonchev–Trinajstić information content (AvgIpc) is 2.15. The van der Waals surface area contributed by atoms with Crippen molar-refractivity contribution in [2.75, 3.05) is 7.05 Å². The molecule has 0 radical (unpaired) electrons. The van der Waals surface area contributed by atoms with Crippen LogP contribution in [-0.4, -0.2) is 51.5 Å². The smallest absolute Gasteiger partial charge is 0.320 e. The molecule has 0 amide bonds. The molecule has 2 atom stereocenters. The largest absolute Gasteiger partial charge is 0.481 e. The van der Waals surface area contributed by atoms with E-state index in [0.717, 1.165) is 0 Å². The number of carboxylic acids is 2. The minimum Gasteiger partial charge on any atom is -0.481 e.